The van der Waals surface area contributed by atoms with Gasteiger partial charge in [-0.1, -0.05) is 13.8 Å². The van der Waals surface area contributed by atoms with Crippen molar-refractivity contribution >= 4 is 10.0 Å². The van der Waals surface area contributed by atoms with Crippen LogP contribution in [0, 0.1) is 5.41 Å². The maximum absolute atomic E-state index is 11.5. The quantitative estimate of drug-likeness (QED) is 0.743. The fourth-order valence-electron chi connectivity index (χ4n) is 2.10. The maximum Gasteiger partial charge on any atom is 0.211 e. The molecule has 0 aromatic heterocycles. The van der Waals surface area contributed by atoms with Crippen molar-refractivity contribution in [2.24, 2.45) is 5.41 Å². The molecule has 2 N–H and O–H groups in total. The lowest BCUT2D eigenvalue weighted by atomic mass is 9.92. The molecule has 1 fully saturated rings. The molecule has 1 unspecified atom stereocenters. The molecule has 90 valence electrons. The predicted molar refractivity (Wildman–Crippen MR) is 60.0 cm³/mol. The first-order chi connectivity index (χ1) is 6.85. The van der Waals surface area contributed by atoms with E-state index in [1.165, 1.54) is 0 Å². The van der Waals surface area contributed by atoms with Crippen LogP contribution in [-0.4, -0.2) is 31.9 Å². The monoisotopic (exact) mass is 235 g/mol. The Morgan fingerprint density at radius 2 is 2.13 bits per heavy atom. The molecule has 0 heterocycles. The second-order valence-corrected chi connectivity index (χ2v) is 6.99. The summed E-state index contributed by atoms with van der Waals surface area (Å²) in [6.45, 7) is 4.25. The summed E-state index contributed by atoms with van der Waals surface area (Å²) < 4.78 is 25.8. The van der Waals surface area contributed by atoms with Crippen LogP contribution in [-0.2, 0) is 10.0 Å². The highest BCUT2D eigenvalue weighted by atomic mass is 32.2. The minimum atomic E-state index is -3.19. The molecule has 0 aliphatic heterocycles. The second-order valence-electron chi connectivity index (χ2n) is 5.12. The van der Waals surface area contributed by atoms with Crippen LogP contribution in [0.2, 0.25) is 0 Å². The highest BCUT2D eigenvalue weighted by Crippen LogP contribution is 2.37. The van der Waals surface area contributed by atoms with Crippen molar-refractivity contribution in [1.29, 1.82) is 0 Å². The summed E-state index contributed by atoms with van der Waals surface area (Å²) in [5, 5.41) is 8.58. The Labute approximate surface area is 92.1 Å². The third kappa shape index (κ3) is 4.49. The van der Waals surface area contributed by atoms with E-state index in [4.69, 9.17) is 5.11 Å². The summed E-state index contributed by atoms with van der Waals surface area (Å²) in [7, 11) is -3.19. The van der Waals surface area contributed by atoms with Gasteiger partial charge in [-0.3, -0.25) is 0 Å². The molecular formula is C10H21NO3S. The number of aliphatic hydroxyl groups excluding tert-OH is 1. The summed E-state index contributed by atoms with van der Waals surface area (Å²) in [6.07, 6.45) is 3.21. The van der Waals surface area contributed by atoms with E-state index in [9.17, 15) is 8.42 Å². The van der Waals surface area contributed by atoms with Crippen LogP contribution < -0.4 is 4.72 Å². The highest BCUT2D eigenvalue weighted by molar-refractivity contribution is 7.89. The first kappa shape index (κ1) is 12.9. The molecule has 0 aromatic carbocycles. The molecular weight excluding hydrogens is 214 g/mol. The van der Waals surface area contributed by atoms with Crippen LogP contribution >= 0.6 is 0 Å². The predicted octanol–water partition coefficient (Wildman–Crippen LogP) is 0.867. The first-order valence-electron chi connectivity index (χ1n) is 5.45. The van der Waals surface area contributed by atoms with E-state index in [1.54, 1.807) is 0 Å². The van der Waals surface area contributed by atoms with Crippen molar-refractivity contribution in [3.8, 4) is 0 Å². The number of aliphatic hydroxyl groups is 1. The molecule has 0 saturated heterocycles. The van der Waals surface area contributed by atoms with Gasteiger partial charge in [0.1, 0.15) is 0 Å². The van der Waals surface area contributed by atoms with E-state index in [-0.39, 0.29) is 23.8 Å². The number of hydrogen-bond donors (Lipinski definition) is 2. The Morgan fingerprint density at radius 1 is 1.47 bits per heavy atom. The van der Waals surface area contributed by atoms with Gasteiger partial charge in [-0.15, -0.1) is 0 Å². The topological polar surface area (TPSA) is 66.4 Å². The third-order valence-corrected chi connectivity index (χ3v) is 4.40. The summed E-state index contributed by atoms with van der Waals surface area (Å²) in [5.41, 5.74) is 0.254. The smallest absolute Gasteiger partial charge is 0.211 e. The second kappa shape index (κ2) is 4.80. The molecule has 0 spiro atoms. The Bertz CT molecular complexity index is 298. The summed E-state index contributed by atoms with van der Waals surface area (Å²) in [6, 6.07) is 0.0868. The Hall–Kier alpha value is -0.130. The lowest BCUT2D eigenvalue weighted by molar-refractivity contribution is 0.295. The number of hydrogen-bond acceptors (Lipinski definition) is 3. The minimum Gasteiger partial charge on any atom is -0.396 e. The van der Waals surface area contributed by atoms with Gasteiger partial charge in [-0.05, 0) is 31.1 Å². The van der Waals surface area contributed by atoms with E-state index in [1.807, 2.05) is 0 Å². The van der Waals surface area contributed by atoms with Gasteiger partial charge in [0.05, 0.1) is 5.75 Å². The zero-order chi connectivity index (χ0) is 11.5. The van der Waals surface area contributed by atoms with Crippen molar-refractivity contribution in [3.63, 3.8) is 0 Å². The van der Waals surface area contributed by atoms with Crippen molar-refractivity contribution < 1.29 is 13.5 Å². The van der Waals surface area contributed by atoms with Gasteiger partial charge in [0.2, 0.25) is 10.0 Å². The van der Waals surface area contributed by atoms with Crippen molar-refractivity contribution in [1.82, 2.24) is 4.72 Å². The molecule has 1 rings (SSSR count). The standard InChI is InChI=1S/C10H21NO3S/c1-10(2)5-4-9(8-10)11-15(13,14)7-3-6-12/h9,11-12H,3-8H2,1-2H3. The van der Waals surface area contributed by atoms with E-state index in [0.29, 0.717) is 6.42 Å². The fraction of sp³-hybridized carbons (Fsp3) is 1.00. The van der Waals surface area contributed by atoms with Crippen molar-refractivity contribution in [2.75, 3.05) is 12.4 Å². The molecule has 0 bridgehead atoms. The molecule has 4 nitrogen and oxygen atoms in total. The largest absolute Gasteiger partial charge is 0.396 e. The molecule has 1 atom stereocenters. The van der Waals surface area contributed by atoms with Crippen molar-refractivity contribution in [2.45, 2.75) is 45.6 Å². The molecule has 1 aliphatic rings. The van der Waals surface area contributed by atoms with Crippen LogP contribution in [0.25, 0.3) is 0 Å². The van der Waals surface area contributed by atoms with E-state index < -0.39 is 10.0 Å². The van der Waals surface area contributed by atoms with Crippen molar-refractivity contribution in [3.05, 3.63) is 0 Å². The van der Waals surface area contributed by atoms with Gasteiger partial charge >= 0.3 is 0 Å². The van der Waals surface area contributed by atoms with Crippen LogP contribution in [0.3, 0.4) is 0 Å². The summed E-state index contributed by atoms with van der Waals surface area (Å²) in [4.78, 5) is 0. The SMILES string of the molecule is CC1(C)CCC(NS(=O)(=O)CCCO)C1. The minimum absolute atomic E-state index is 0.0282. The van der Waals surface area contributed by atoms with Crippen LogP contribution in [0.15, 0.2) is 0 Å². The lowest BCUT2D eigenvalue weighted by Gasteiger charge is -2.17. The number of sulfonamides is 1. The Kier molecular flexibility index (Phi) is 4.14. The Balaban J connectivity index is 2.42. The molecule has 0 radical (unpaired) electrons. The van der Waals surface area contributed by atoms with Gasteiger partial charge < -0.3 is 5.11 Å². The molecule has 0 amide bonds. The van der Waals surface area contributed by atoms with E-state index >= 15 is 0 Å². The molecule has 1 saturated carbocycles. The van der Waals surface area contributed by atoms with Gasteiger partial charge in [0, 0.05) is 12.6 Å². The first-order valence-corrected chi connectivity index (χ1v) is 7.11. The molecule has 15 heavy (non-hydrogen) atoms. The summed E-state index contributed by atoms with van der Waals surface area (Å²) in [5.74, 6) is 0.0282. The van der Waals surface area contributed by atoms with E-state index in [0.717, 1.165) is 19.3 Å². The van der Waals surface area contributed by atoms with Gasteiger partial charge in [0.25, 0.3) is 0 Å². The van der Waals surface area contributed by atoms with Gasteiger partial charge in [-0.2, -0.15) is 0 Å². The maximum atomic E-state index is 11.5. The number of rotatable bonds is 5. The van der Waals surface area contributed by atoms with Crippen LogP contribution in [0.1, 0.15) is 39.5 Å². The molecule has 5 heteroatoms. The zero-order valence-corrected chi connectivity index (χ0v) is 10.3. The highest BCUT2D eigenvalue weighted by Gasteiger charge is 2.32. The average Bonchev–Trinajstić information content (AvgIpc) is 2.41. The lowest BCUT2D eigenvalue weighted by Crippen LogP contribution is -2.35. The van der Waals surface area contributed by atoms with Crippen LogP contribution in [0.4, 0.5) is 0 Å². The Morgan fingerprint density at radius 3 is 2.60 bits per heavy atom. The molecule has 0 aromatic rings. The third-order valence-electron chi connectivity index (χ3n) is 2.89. The summed E-state index contributed by atoms with van der Waals surface area (Å²) >= 11 is 0. The zero-order valence-electron chi connectivity index (χ0n) is 9.49. The van der Waals surface area contributed by atoms with Gasteiger partial charge in [0.15, 0.2) is 0 Å². The van der Waals surface area contributed by atoms with E-state index in [2.05, 4.69) is 18.6 Å². The average molecular weight is 235 g/mol. The van der Waals surface area contributed by atoms with Crippen LogP contribution in [0.5, 0.6) is 0 Å². The normalized spacial score (nSPS) is 25.7. The number of nitrogens with one attached hydrogen (secondary N) is 1. The molecule has 1 aliphatic carbocycles. The fourth-order valence-corrected chi connectivity index (χ4v) is 3.44. The van der Waals surface area contributed by atoms with Gasteiger partial charge in [-0.25, -0.2) is 13.1 Å².